The maximum absolute atomic E-state index is 12.2. The van der Waals surface area contributed by atoms with Gasteiger partial charge in [0, 0.05) is 31.2 Å². The van der Waals surface area contributed by atoms with Crippen LogP contribution < -0.4 is 0 Å². The van der Waals surface area contributed by atoms with Crippen molar-refractivity contribution in [1.29, 1.82) is 0 Å². The van der Waals surface area contributed by atoms with Crippen molar-refractivity contribution < 1.29 is 9.53 Å². The molecule has 0 unspecified atom stereocenters. The molecule has 0 bridgehead atoms. The van der Waals surface area contributed by atoms with E-state index in [9.17, 15) is 4.79 Å². The number of halogens is 5. The molecule has 1 saturated heterocycles. The van der Waals surface area contributed by atoms with Crippen LogP contribution in [0.5, 0.6) is 0 Å². The van der Waals surface area contributed by atoms with Crippen LogP contribution in [0.4, 0.5) is 4.79 Å². The molecule has 1 atom stereocenters. The van der Waals surface area contributed by atoms with Crippen molar-refractivity contribution in [3.05, 3.63) is 70.7 Å². The molecule has 1 fully saturated rings. The van der Waals surface area contributed by atoms with Crippen molar-refractivity contribution in [2.24, 2.45) is 0 Å². The average molecular weight is 499 g/mol. The Morgan fingerprint density at radius 3 is 2.03 bits per heavy atom. The van der Waals surface area contributed by atoms with Crippen molar-refractivity contribution >= 4 is 64.9 Å². The van der Waals surface area contributed by atoms with Gasteiger partial charge in [-0.25, -0.2) is 4.79 Å². The first-order valence-corrected chi connectivity index (χ1v) is 10.4. The van der Waals surface area contributed by atoms with Crippen LogP contribution in [-0.2, 0) is 4.74 Å². The van der Waals surface area contributed by atoms with Crippen LogP contribution in [0, 0.1) is 0 Å². The van der Waals surface area contributed by atoms with Crippen molar-refractivity contribution in [3.8, 4) is 0 Å². The molecule has 2 aromatic rings. The smallest absolute Gasteiger partial charge is 0.409 e. The van der Waals surface area contributed by atoms with Crippen LogP contribution in [0.15, 0.2) is 54.6 Å². The first-order chi connectivity index (χ1) is 13.3. The highest BCUT2D eigenvalue weighted by molar-refractivity contribution is 6.67. The fourth-order valence-corrected chi connectivity index (χ4v) is 3.58. The molecule has 1 heterocycles. The Bertz CT molecular complexity index is 776. The van der Waals surface area contributed by atoms with E-state index >= 15 is 0 Å². The maximum Gasteiger partial charge on any atom is 0.409 e. The van der Waals surface area contributed by atoms with E-state index in [1.165, 1.54) is 5.56 Å². The minimum absolute atomic E-state index is 0. The molecule has 29 heavy (non-hydrogen) atoms. The van der Waals surface area contributed by atoms with E-state index in [-0.39, 0.29) is 25.1 Å². The van der Waals surface area contributed by atoms with E-state index in [0.717, 1.165) is 5.56 Å². The van der Waals surface area contributed by atoms with Crippen LogP contribution in [0.1, 0.15) is 17.2 Å². The van der Waals surface area contributed by atoms with Gasteiger partial charge in [-0.3, -0.25) is 4.90 Å². The molecular weight excluding hydrogens is 477 g/mol. The minimum atomic E-state index is -1.61. The van der Waals surface area contributed by atoms with Gasteiger partial charge >= 0.3 is 6.09 Å². The van der Waals surface area contributed by atoms with Gasteiger partial charge in [0.2, 0.25) is 3.79 Å². The predicted octanol–water partition coefficient (Wildman–Crippen LogP) is 5.98. The number of piperazine rings is 1. The lowest BCUT2D eigenvalue weighted by atomic mass is 9.96. The Morgan fingerprint density at radius 1 is 0.931 bits per heavy atom. The zero-order valence-corrected chi connectivity index (χ0v) is 19.3. The number of amides is 1. The van der Waals surface area contributed by atoms with E-state index < -0.39 is 9.89 Å². The van der Waals surface area contributed by atoms with Gasteiger partial charge in [0.1, 0.15) is 6.61 Å². The fraction of sp³-hybridized carbons (Fsp3) is 0.350. The number of rotatable bonds is 4. The second-order valence-electron chi connectivity index (χ2n) is 6.56. The maximum atomic E-state index is 12.2. The number of alkyl halides is 3. The molecule has 0 N–H and O–H groups in total. The Kier molecular flexibility index (Phi) is 9.20. The number of ether oxygens (including phenoxy) is 1. The van der Waals surface area contributed by atoms with Crippen LogP contribution in [0.3, 0.4) is 0 Å². The summed E-state index contributed by atoms with van der Waals surface area (Å²) in [6, 6.07) is 18.3. The molecule has 2 aromatic carbocycles. The Hall–Kier alpha value is -0.880. The van der Waals surface area contributed by atoms with Crippen LogP contribution >= 0.6 is 58.8 Å². The zero-order chi connectivity index (χ0) is 20.1. The van der Waals surface area contributed by atoms with Crippen LogP contribution in [0.25, 0.3) is 0 Å². The number of nitrogens with zero attached hydrogens (tertiary/aromatic N) is 2. The van der Waals surface area contributed by atoms with Gasteiger partial charge < -0.3 is 9.64 Å². The van der Waals surface area contributed by atoms with Crippen molar-refractivity contribution in [2.75, 3.05) is 32.8 Å². The largest absolute Gasteiger partial charge is 0.445 e. The lowest BCUT2D eigenvalue weighted by Crippen LogP contribution is -2.50. The Balaban J connectivity index is 0.00000300. The van der Waals surface area contributed by atoms with Crippen LogP contribution in [0.2, 0.25) is 5.02 Å². The highest BCUT2D eigenvalue weighted by atomic mass is 35.6. The zero-order valence-electron chi connectivity index (χ0n) is 15.4. The molecular formula is C20H21Cl5N2O2. The quantitative estimate of drug-likeness (QED) is 0.487. The van der Waals surface area contributed by atoms with Crippen LogP contribution in [-0.4, -0.2) is 52.5 Å². The summed E-state index contributed by atoms with van der Waals surface area (Å²) in [7, 11) is 0. The molecule has 0 spiro atoms. The van der Waals surface area contributed by atoms with Crippen molar-refractivity contribution in [2.45, 2.75) is 9.83 Å². The highest BCUT2D eigenvalue weighted by Crippen LogP contribution is 2.31. The second-order valence-corrected chi connectivity index (χ2v) is 9.51. The number of benzene rings is 2. The molecule has 0 radical (unpaired) electrons. The van der Waals surface area contributed by atoms with E-state index in [0.29, 0.717) is 31.2 Å². The molecule has 0 aliphatic carbocycles. The van der Waals surface area contributed by atoms with Gasteiger partial charge in [-0.1, -0.05) is 88.9 Å². The molecule has 1 aliphatic heterocycles. The highest BCUT2D eigenvalue weighted by Gasteiger charge is 2.30. The van der Waals surface area contributed by atoms with E-state index in [2.05, 4.69) is 17.0 Å². The summed E-state index contributed by atoms with van der Waals surface area (Å²) in [6.07, 6.45) is -0.464. The predicted molar refractivity (Wildman–Crippen MR) is 122 cm³/mol. The third-order valence-electron chi connectivity index (χ3n) is 4.60. The molecule has 158 valence electrons. The molecule has 1 amide bonds. The first-order valence-electron chi connectivity index (χ1n) is 8.86. The number of hydrogen-bond acceptors (Lipinski definition) is 3. The van der Waals surface area contributed by atoms with E-state index in [1.54, 1.807) is 4.90 Å². The summed E-state index contributed by atoms with van der Waals surface area (Å²) in [5, 5.41) is 0.706. The molecule has 0 aromatic heterocycles. The van der Waals surface area contributed by atoms with E-state index in [1.807, 2.05) is 42.5 Å². The fourth-order valence-electron chi connectivity index (χ4n) is 3.29. The summed E-state index contributed by atoms with van der Waals surface area (Å²) >= 11 is 23.0. The van der Waals surface area contributed by atoms with Gasteiger partial charge in [-0.05, 0) is 23.3 Å². The normalized spacial score (nSPS) is 16.1. The summed E-state index contributed by atoms with van der Waals surface area (Å²) in [5.74, 6) is 0. The molecule has 4 nitrogen and oxygen atoms in total. The van der Waals surface area contributed by atoms with Gasteiger partial charge in [0.25, 0.3) is 0 Å². The van der Waals surface area contributed by atoms with Gasteiger partial charge in [0.15, 0.2) is 0 Å². The number of hydrogen-bond donors (Lipinski definition) is 0. The summed E-state index contributed by atoms with van der Waals surface area (Å²) in [6.45, 7) is 2.20. The summed E-state index contributed by atoms with van der Waals surface area (Å²) in [4.78, 5) is 16.2. The minimum Gasteiger partial charge on any atom is -0.445 e. The van der Waals surface area contributed by atoms with Gasteiger partial charge in [-0.15, -0.1) is 12.4 Å². The third-order valence-corrected chi connectivity index (χ3v) is 5.18. The Labute approximate surface area is 197 Å². The lowest BCUT2D eigenvalue weighted by molar-refractivity contribution is 0.0696. The third kappa shape index (κ3) is 7.09. The molecule has 0 saturated carbocycles. The SMILES string of the molecule is Cl.O=C(OCC(Cl)(Cl)Cl)N1CCN([C@H](c2ccccc2)c2ccc(Cl)cc2)CC1. The lowest BCUT2D eigenvalue weighted by Gasteiger charge is -2.39. The van der Waals surface area contributed by atoms with Gasteiger partial charge in [0.05, 0.1) is 6.04 Å². The topological polar surface area (TPSA) is 32.8 Å². The van der Waals surface area contributed by atoms with Crippen molar-refractivity contribution in [1.82, 2.24) is 9.80 Å². The standard InChI is InChI=1S/C20H20Cl4N2O2.ClH/c21-17-8-6-16(7-9-17)18(15-4-2-1-3-5-15)25-10-12-26(13-11-25)19(27)28-14-20(22,23)24;/h1-9,18H,10-14H2;1H/t18-;/m1./s1. The first kappa shape index (κ1) is 24.4. The number of carbonyl (C=O) groups is 1. The molecule has 1 aliphatic rings. The average Bonchev–Trinajstić information content (AvgIpc) is 2.69. The second kappa shape index (κ2) is 10.9. The molecule has 3 rings (SSSR count). The van der Waals surface area contributed by atoms with E-state index in [4.69, 9.17) is 51.1 Å². The summed E-state index contributed by atoms with van der Waals surface area (Å²) < 4.78 is 3.48. The van der Waals surface area contributed by atoms with Gasteiger partial charge in [-0.2, -0.15) is 0 Å². The monoisotopic (exact) mass is 496 g/mol. The molecule has 9 heteroatoms. The number of carbonyl (C=O) groups excluding carboxylic acids is 1. The summed E-state index contributed by atoms with van der Waals surface area (Å²) in [5.41, 5.74) is 2.35. The Morgan fingerprint density at radius 2 is 1.48 bits per heavy atom. The van der Waals surface area contributed by atoms with Crippen molar-refractivity contribution in [3.63, 3.8) is 0 Å².